The second-order valence-electron chi connectivity index (χ2n) is 5.55. The van der Waals surface area contributed by atoms with Crippen LogP contribution in [0.15, 0.2) is 66.7 Å². The fourth-order valence-electron chi connectivity index (χ4n) is 2.77. The number of imidazole rings is 1. The summed E-state index contributed by atoms with van der Waals surface area (Å²) in [5, 5.41) is 0.629. The largest absolute Gasteiger partial charge is 0.338 e. The zero-order chi connectivity index (χ0) is 16.5. The quantitative estimate of drug-likeness (QED) is 0.513. The van der Waals surface area contributed by atoms with Gasteiger partial charge in [-0.3, -0.25) is 4.79 Å². The van der Waals surface area contributed by atoms with Crippen LogP contribution in [0.4, 0.5) is 0 Å². The number of fused-ring (bicyclic) bond motifs is 1. The Bertz CT molecular complexity index is 1050. The van der Waals surface area contributed by atoms with Gasteiger partial charge in [0.2, 0.25) is 0 Å². The van der Waals surface area contributed by atoms with Gasteiger partial charge < -0.3 is 4.98 Å². The first kappa shape index (κ1) is 14.7. The van der Waals surface area contributed by atoms with Gasteiger partial charge in [-0.2, -0.15) is 0 Å². The maximum atomic E-state index is 11.0. The van der Waals surface area contributed by atoms with Crippen molar-refractivity contribution in [3.8, 4) is 22.5 Å². The lowest BCUT2D eigenvalue weighted by Crippen LogP contribution is -1.85. The number of aromatic nitrogens is 2. The molecular formula is C20H13ClN2O. The molecule has 0 aliphatic heterocycles. The predicted octanol–water partition coefficient (Wildman–Crippen LogP) is 5.36. The summed E-state index contributed by atoms with van der Waals surface area (Å²) in [6.45, 7) is 0. The minimum atomic E-state index is 0.629. The van der Waals surface area contributed by atoms with E-state index in [9.17, 15) is 4.79 Å². The average Bonchev–Trinajstić information content (AvgIpc) is 3.08. The fourth-order valence-corrected chi connectivity index (χ4v) is 2.99. The molecule has 0 radical (unpaired) electrons. The van der Waals surface area contributed by atoms with Crippen molar-refractivity contribution in [2.45, 2.75) is 0 Å². The van der Waals surface area contributed by atoms with E-state index >= 15 is 0 Å². The standard InChI is InChI=1S/C20H13ClN2O/c21-17-8-3-9-18-19(17)23-20(22-18)16-7-2-6-15(11-16)14-5-1-4-13(10-14)12-24/h1-12H,(H,22,23). The monoisotopic (exact) mass is 332 g/mol. The Kier molecular flexibility index (Phi) is 3.63. The number of aromatic amines is 1. The molecule has 0 bridgehead atoms. The number of rotatable bonds is 3. The van der Waals surface area contributed by atoms with Gasteiger partial charge in [-0.1, -0.05) is 54.1 Å². The van der Waals surface area contributed by atoms with Gasteiger partial charge in [0.05, 0.1) is 10.5 Å². The van der Waals surface area contributed by atoms with Crippen LogP contribution in [0.25, 0.3) is 33.5 Å². The Balaban J connectivity index is 1.81. The van der Waals surface area contributed by atoms with Gasteiger partial charge in [-0.15, -0.1) is 0 Å². The highest BCUT2D eigenvalue weighted by molar-refractivity contribution is 6.35. The number of carbonyl (C=O) groups excluding carboxylic acids is 1. The van der Waals surface area contributed by atoms with E-state index in [0.29, 0.717) is 10.6 Å². The summed E-state index contributed by atoms with van der Waals surface area (Å²) in [6, 6.07) is 21.3. The molecule has 0 saturated carbocycles. The molecule has 1 heterocycles. The van der Waals surface area contributed by atoms with Gasteiger partial charge in [0.15, 0.2) is 0 Å². The third-order valence-electron chi connectivity index (χ3n) is 3.96. The van der Waals surface area contributed by atoms with Crippen molar-refractivity contribution in [1.82, 2.24) is 9.97 Å². The number of H-pyrrole nitrogens is 1. The molecule has 0 saturated heterocycles. The van der Waals surface area contributed by atoms with Crippen molar-refractivity contribution in [3.63, 3.8) is 0 Å². The third-order valence-corrected chi connectivity index (χ3v) is 4.26. The van der Waals surface area contributed by atoms with Gasteiger partial charge in [0, 0.05) is 11.1 Å². The molecule has 4 heteroatoms. The van der Waals surface area contributed by atoms with Crippen LogP contribution in [-0.2, 0) is 0 Å². The molecule has 116 valence electrons. The van der Waals surface area contributed by atoms with Crippen LogP contribution >= 0.6 is 11.6 Å². The summed E-state index contributed by atoms with van der Waals surface area (Å²) in [4.78, 5) is 18.9. The molecule has 1 aromatic heterocycles. The van der Waals surface area contributed by atoms with Crippen molar-refractivity contribution in [3.05, 3.63) is 77.3 Å². The summed E-state index contributed by atoms with van der Waals surface area (Å²) >= 11 is 6.20. The lowest BCUT2D eigenvalue weighted by atomic mass is 10.0. The second-order valence-corrected chi connectivity index (χ2v) is 5.95. The van der Waals surface area contributed by atoms with E-state index in [4.69, 9.17) is 11.6 Å². The molecule has 0 amide bonds. The van der Waals surface area contributed by atoms with Crippen LogP contribution in [0.5, 0.6) is 0 Å². The number of hydrogen-bond acceptors (Lipinski definition) is 2. The molecule has 0 spiro atoms. The molecule has 1 N–H and O–H groups in total. The van der Waals surface area contributed by atoms with Crippen molar-refractivity contribution in [1.29, 1.82) is 0 Å². The molecule has 24 heavy (non-hydrogen) atoms. The molecule has 4 aromatic rings. The first-order valence-corrected chi connectivity index (χ1v) is 7.93. The van der Waals surface area contributed by atoms with E-state index in [1.807, 2.05) is 54.6 Å². The van der Waals surface area contributed by atoms with Gasteiger partial charge in [-0.05, 0) is 35.4 Å². The first-order valence-electron chi connectivity index (χ1n) is 7.55. The number of nitrogens with one attached hydrogen (secondary N) is 1. The number of para-hydroxylation sites is 1. The molecule has 0 fully saturated rings. The van der Waals surface area contributed by atoms with Crippen LogP contribution in [0.3, 0.4) is 0 Å². The van der Waals surface area contributed by atoms with Crippen LogP contribution < -0.4 is 0 Å². The highest BCUT2D eigenvalue weighted by Crippen LogP contribution is 2.28. The molecule has 0 atom stereocenters. The summed E-state index contributed by atoms with van der Waals surface area (Å²) < 4.78 is 0. The number of halogens is 1. The Labute approximate surface area is 143 Å². The average molecular weight is 333 g/mol. The number of nitrogens with zero attached hydrogens (tertiary/aromatic N) is 1. The minimum Gasteiger partial charge on any atom is -0.338 e. The van der Waals surface area contributed by atoms with Crippen molar-refractivity contribution in [2.75, 3.05) is 0 Å². The summed E-state index contributed by atoms with van der Waals surface area (Å²) in [6.07, 6.45) is 0.856. The van der Waals surface area contributed by atoms with Gasteiger partial charge in [0.1, 0.15) is 17.6 Å². The van der Waals surface area contributed by atoms with Crippen molar-refractivity contribution >= 4 is 28.9 Å². The van der Waals surface area contributed by atoms with Crippen LogP contribution in [0.2, 0.25) is 5.02 Å². The molecule has 3 nitrogen and oxygen atoms in total. The zero-order valence-corrected chi connectivity index (χ0v) is 13.4. The normalized spacial score (nSPS) is 10.9. The lowest BCUT2D eigenvalue weighted by Gasteiger charge is -2.04. The van der Waals surface area contributed by atoms with E-state index in [1.165, 1.54) is 0 Å². The molecule has 0 aliphatic rings. The number of aldehydes is 1. The number of benzene rings is 3. The Morgan fingerprint density at radius 1 is 0.875 bits per heavy atom. The third kappa shape index (κ3) is 2.59. The Morgan fingerprint density at radius 2 is 1.58 bits per heavy atom. The Hall–Kier alpha value is -2.91. The topological polar surface area (TPSA) is 45.8 Å². The molecule has 4 rings (SSSR count). The first-order chi connectivity index (χ1) is 11.7. The van der Waals surface area contributed by atoms with Crippen LogP contribution in [-0.4, -0.2) is 16.3 Å². The summed E-state index contributed by atoms with van der Waals surface area (Å²) in [5.41, 5.74) is 5.33. The maximum Gasteiger partial charge on any atom is 0.150 e. The van der Waals surface area contributed by atoms with Gasteiger partial charge in [0.25, 0.3) is 0 Å². The fraction of sp³-hybridized carbons (Fsp3) is 0. The van der Waals surface area contributed by atoms with Crippen LogP contribution in [0, 0.1) is 0 Å². The van der Waals surface area contributed by atoms with Gasteiger partial charge >= 0.3 is 0 Å². The minimum absolute atomic E-state index is 0.629. The summed E-state index contributed by atoms with van der Waals surface area (Å²) in [7, 11) is 0. The van der Waals surface area contributed by atoms with Gasteiger partial charge in [-0.25, -0.2) is 4.98 Å². The maximum absolute atomic E-state index is 11.0. The molecular weight excluding hydrogens is 320 g/mol. The molecule has 0 aliphatic carbocycles. The van der Waals surface area contributed by atoms with E-state index in [0.717, 1.165) is 39.8 Å². The second kappa shape index (κ2) is 5.95. The Morgan fingerprint density at radius 3 is 2.38 bits per heavy atom. The van der Waals surface area contributed by atoms with Crippen molar-refractivity contribution in [2.24, 2.45) is 0 Å². The zero-order valence-electron chi connectivity index (χ0n) is 12.7. The predicted molar refractivity (Wildman–Crippen MR) is 97.4 cm³/mol. The molecule has 3 aromatic carbocycles. The van der Waals surface area contributed by atoms with E-state index < -0.39 is 0 Å². The molecule has 0 unspecified atom stereocenters. The smallest absolute Gasteiger partial charge is 0.150 e. The lowest BCUT2D eigenvalue weighted by molar-refractivity contribution is 0.112. The summed E-state index contributed by atoms with van der Waals surface area (Å²) in [5.74, 6) is 0.770. The van der Waals surface area contributed by atoms with Crippen LogP contribution in [0.1, 0.15) is 10.4 Å². The number of carbonyl (C=O) groups is 1. The van der Waals surface area contributed by atoms with Crippen molar-refractivity contribution < 1.29 is 4.79 Å². The highest BCUT2D eigenvalue weighted by atomic mass is 35.5. The van der Waals surface area contributed by atoms with E-state index in [-0.39, 0.29) is 0 Å². The van der Waals surface area contributed by atoms with E-state index in [2.05, 4.69) is 16.0 Å². The van der Waals surface area contributed by atoms with E-state index in [1.54, 1.807) is 6.07 Å². The SMILES string of the molecule is O=Cc1cccc(-c2cccc(-c3nc4c(Cl)cccc4[nH]3)c2)c1. The number of hydrogen-bond donors (Lipinski definition) is 1. The highest BCUT2D eigenvalue weighted by Gasteiger charge is 2.09.